The van der Waals surface area contributed by atoms with Gasteiger partial charge in [0.15, 0.2) is 0 Å². The third-order valence-corrected chi connectivity index (χ3v) is 3.39. The fourth-order valence-corrected chi connectivity index (χ4v) is 1.89. The number of urea groups is 1. The molecular weight excluding hydrogens is 256 g/mol. The molecule has 0 spiro atoms. The first-order valence-electron chi connectivity index (χ1n) is 6.57. The molecule has 0 aliphatic rings. The molecule has 2 N–H and O–H groups in total. The lowest BCUT2D eigenvalue weighted by Crippen LogP contribution is -2.46. The summed E-state index contributed by atoms with van der Waals surface area (Å²) in [5.41, 5.74) is 2.94. The van der Waals surface area contributed by atoms with Crippen molar-refractivity contribution in [1.82, 2.24) is 5.32 Å². The van der Waals surface area contributed by atoms with Gasteiger partial charge in [-0.1, -0.05) is 6.07 Å². The fraction of sp³-hybridized carbons (Fsp3) is 0.467. The monoisotopic (exact) mass is 278 g/mol. The molecule has 5 nitrogen and oxygen atoms in total. The highest BCUT2D eigenvalue weighted by Crippen LogP contribution is 2.17. The molecule has 0 radical (unpaired) electrons. The SMILES string of the molecule is Cc1cc(C)cc(N(C)C(=O)NC(C)C(C)C(=O)O)c1. The number of hydrogen-bond acceptors (Lipinski definition) is 2. The molecule has 110 valence electrons. The second-order valence-corrected chi connectivity index (χ2v) is 5.27. The van der Waals surface area contributed by atoms with Crippen LogP contribution in [0.4, 0.5) is 10.5 Å². The normalized spacial score (nSPS) is 13.4. The van der Waals surface area contributed by atoms with Crippen molar-refractivity contribution in [3.8, 4) is 0 Å². The third-order valence-electron chi connectivity index (χ3n) is 3.39. The molecule has 1 rings (SSSR count). The highest BCUT2D eigenvalue weighted by atomic mass is 16.4. The predicted molar refractivity (Wildman–Crippen MR) is 79.1 cm³/mol. The molecule has 0 aliphatic heterocycles. The molecule has 20 heavy (non-hydrogen) atoms. The van der Waals surface area contributed by atoms with Crippen LogP contribution >= 0.6 is 0 Å². The molecule has 1 aromatic carbocycles. The standard InChI is InChI=1S/C15H22N2O3/c1-9-6-10(2)8-13(7-9)17(5)15(20)16-12(4)11(3)14(18)19/h6-8,11-12H,1-5H3,(H,16,20)(H,18,19). The Bertz CT molecular complexity index is 494. The maximum Gasteiger partial charge on any atom is 0.321 e. The number of carboxylic acids is 1. The Hall–Kier alpha value is -2.04. The fourth-order valence-electron chi connectivity index (χ4n) is 1.89. The second-order valence-electron chi connectivity index (χ2n) is 5.27. The van der Waals surface area contributed by atoms with E-state index in [-0.39, 0.29) is 6.03 Å². The molecule has 5 heteroatoms. The zero-order chi connectivity index (χ0) is 15.4. The van der Waals surface area contributed by atoms with Crippen LogP contribution in [0.3, 0.4) is 0 Å². The molecule has 0 saturated carbocycles. The Morgan fingerprint density at radius 1 is 1.15 bits per heavy atom. The minimum atomic E-state index is -0.924. The van der Waals surface area contributed by atoms with E-state index in [1.54, 1.807) is 20.9 Å². The summed E-state index contributed by atoms with van der Waals surface area (Å²) >= 11 is 0. The van der Waals surface area contributed by atoms with Crippen LogP contribution in [0.1, 0.15) is 25.0 Å². The van der Waals surface area contributed by atoms with Crippen molar-refractivity contribution in [2.45, 2.75) is 33.7 Å². The molecule has 0 bridgehead atoms. The van der Waals surface area contributed by atoms with Gasteiger partial charge in [0, 0.05) is 18.8 Å². The van der Waals surface area contributed by atoms with Crippen LogP contribution in [-0.2, 0) is 4.79 Å². The summed E-state index contributed by atoms with van der Waals surface area (Å²) in [6.07, 6.45) is 0. The van der Waals surface area contributed by atoms with Gasteiger partial charge < -0.3 is 10.4 Å². The summed E-state index contributed by atoms with van der Waals surface area (Å²) in [6, 6.07) is 5.11. The van der Waals surface area contributed by atoms with E-state index in [2.05, 4.69) is 5.32 Å². The van der Waals surface area contributed by atoms with Crippen LogP contribution in [-0.4, -0.2) is 30.2 Å². The minimum absolute atomic E-state index is 0.310. The smallest absolute Gasteiger partial charge is 0.321 e. The van der Waals surface area contributed by atoms with E-state index in [0.717, 1.165) is 16.8 Å². The molecule has 2 unspecified atom stereocenters. The Morgan fingerprint density at radius 3 is 2.10 bits per heavy atom. The Balaban J connectivity index is 2.79. The van der Waals surface area contributed by atoms with E-state index in [9.17, 15) is 9.59 Å². The molecule has 0 aliphatic carbocycles. The van der Waals surface area contributed by atoms with Crippen molar-refractivity contribution in [3.05, 3.63) is 29.3 Å². The highest BCUT2D eigenvalue weighted by Gasteiger charge is 2.22. The minimum Gasteiger partial charge on any atom is -0.481 e. The summed E-state index contributed by atoms with van der Waals surface area (Å²) < 4.78 is 0. The molecule has 0 saturated heterocycles. The van der Waals surface area contributed by atoms with Crippen molar-refractivity contribution in [1.29, 1.82) is 0 Å². The van der Waals surface area contributed by atoms with Gasteiger partial charge in [0.2, 0.25) is 0 Å². The maximum atomic E-state index is 12.1. The van der Waals surface area contributed by atoms with E-state index in [4.69, 9.17) is 5.11 Å². The third kappa shape index (κ3) is 3.98. The molecule has 0 fully saturated rings. The molecule has 1 aromatic rings. The summed E-state index contributed by atoms with van der Waals surface area (Å²) in [6.45, 7) is 7.20. The Labute approximate surface area is 119 Å². The number of anilines is 1. The first kappa shape index (κ1) is 16.0. The lowest BCUT2D eigenvalue weighted by atomic mass is 10.0. The zero-order valence-corrected chi connectivity index (χ0v) is 12.6. The zero-order valence-electron chi connectivity index (χ0n) is 12.6. The van der Waals surface area contributed by atoms with Crippen molar-refractivity contribution in [2.24, 2.45) is 5.92 Å². The first-order valence-corrected chi connectivity index (χ1v) is 6.57. The number of carbonyl (C=O) groups excluding carboxylic acids is 1. The van der Waals surface area contributed by atoms with Gasteiger partial charge in [-0.2, -0.15) is 0 Å². The average molecular weight is 278 g/mol. The first-order chi connectivity index (χ1) is 9.22. The average Bonchev–Trinajstić information content (AvgIpc) is 2.35. The number of aryl methyl sites for hydroxylation is 2. The van der Waals surface area contributed by atoms with E-state index in [0.29, 0.717) is 0 Å². The second kappa shape index (κ2) is 6.41. The summed E-state index contributed by atoms with van der Waals surface area (Å²) in [7, 11) is 1.67. The van der Waals surface area contributed by atoms with Crippen LogP contribution in [0.2, 0.25) is 0 Å². The number of carbonyl (C=O) groups is 2. The van der Waals surface area contributed by atoms with Gasteiger partial charge in [0.1, 0.15) is 0 Å². The van der Waals surface area contributed by atoms with Crippen molar-refractivity contribution >= 4 is 17.7 Å². The van der Waals surface area contributed by atoms with Crippen LogP contribution in [0.5, 0.6) is 0 Å². The number of nitrogens with one attached hydrogen (secondary N) is 1. The van der Waals surface area contributed by atoms with Gasteiger partial charge in [0.25, 0.3) is 0 Å². The van der Waals surface area contributed by atoms with Gasteiger partial charge in [-0.3, -0.25) is 9.69 Å². The van der Waals surface area contributed by atoms with E-state index < -0.39 is 17.9 Å². The topological polar surface area (TPSA) is 69.6 Å². The van der Waals surface area contributed by atoms with E-state index in [1.165, 1.54) is 4.90 Å². The Morgan fingerprint density at radius 2 is 1.65 bits per heavy atom. The van der Waals surface area contributed by atoms with Gasteiger partial charge in [-0.25, -0.2) is 4.79 Å². The van der Waals surface area contributed by atoms with Crippen LogP contribution in [0, 0.1) is 19.8 Å². The molecule has 2 amide bonds. The Kier molecular flexibility index (Phi) is 5.13. The van der Waals surface area contributed by atoms with Gasteiger partial charge in [-0.05, 0) is 51.0 Å². The molecular formula is C15H22N2O3. The van der Waals surface area contributed by atoms with Gasteiger partial charge in [-0.15, -0.1) is 0 Å². The summed E-state index contributed by atoms with van der Waals surface area (Å²) in [5.74, 6) is -1.56. The number of amides is 2. The number of hydrogen-bond donors (Lipinski definition) is 2. The number of carboxylic acid groups (broad SMARTS) is 1. The molecule has 0 aromatic heterocycles. The van der Waals surface area contributed by atoms with Crippen LogP contribution in [0.15, 0.2) is 18.2 Å². The van der Waals surface area contributed by atoms with E-state index in [1.807, 2.05) is 32.0 Å². The number of benzene rings is 1. The molecule has 2 atom stereocenters. The summed E-state index contributed by atoms with van der Waals surface area (Å²) in [5, 5.41) is 11.6. The lowest BCUT2D eigenvalue weighted by Gasteiger charge is -2.24. The van der Waals surface area contributed by atoms with E-state index >= 15 is 0 Å². The van der Waals surface area contributed by atoms with Gasteiger partial charge in [0.05, 0.1) is 5.92 Å². The van der Waals surface area contributed by atoms with Crippen molar-refractivity contribution < 1.29 is 14.7 Å². The highest BCUT2D eigenvalue weighted by molar-refractivity contribution is 5.92. The molecule has 0 heterocycles. The predicted octanol–water partition coefficient (Wildman–Crippen LogP) is 2.56. The largest absolute Gasteiger partial charge is 0.481 e. The lowest BCUT2D eigenvalue weighted by molar-refractivity contribution is -0.141. The number of aliphatic carboxylic acids is 1. The summed E-state index contributed by atoms with van der Waals surface area (Å²) in [4.78, 5) is 24.5. The van der Waals surface area contributed by atoms with Gasteiger partial charge >= 0.3 is 12.0 Å². The van der Waals surface area contributed by atoms with Crippen LogP contribution < -0.4 is 10.2 Å². The van der Waals surface area contributed by atoms with Crippen molar-refractivity contribution in [2.75, 3.05) is 11.9 Å². The van der Waals surface area contributed by atoms with Crippen LogP contribution in [0.25, 0.3) is 0 Å². The maximum absolute atomic E-state index is 12.1. The number of nitrogens with zero attached hydrogens (tertiary/aromatic N) is 1. The quantitative estimate of drug-likeness (QED) is 0.889. The number of rotatable bonds is 4. The van der Waals surface area contributed by atoms with Crippen molar-refractivity contribution in [3.63, 3.8) is 0 Å².